The van der Waals surface area contributed by atoms with Crippen molar-refractivity contribution in [2.45, 2.75) is 39.2 Å². The van der Waals surface area contributed by atoms with Crippen molar-refractivity contribution in [3.05, 3.63) is 29.3 Å². The summed E-state index contributed by atoms with van der Waals surface area (Å²) in [6.45, 7) is 6.31. The second kappa shape index (κ2) is 6.93. The highest BCUT2D eigenvalue weighted by molar-refractivity contribution is 6.09. The van der Waals surface area contributed by atoms with Crippen molar-refractivity contribution in [1.82, 2.24) is 10.2 Å². The minimum Gasteiger partial charge on any atom is -0.338 e. The number of amides is 2. The maximum absolute atomic E-state index is 12.9. The molecule has 2 amide bonds. The smallest absolute Gasteiger partial charge is 0.239 e. The Labute approximate surface area is 144 Å². The minimum absolute atomic E-state index is 0.0177. The van der Waals surface area contributed by atoms with E-state index < -0.39 is 5.92 Å². The van der Waals surface area contributed by atoms with Gasteiger partial charge in [-0.05, 0) is 63.4 Å². The monoisotopic (exact) mass is 329 g/mol. The molecule has 2 saturated heterocycles. The standard InChI is InChI=1S/C19H27N3O2/c1-13-6-7-15(11-14(13)2)22-10-8-17(19(22)24)18(23)21-9-4-5-16(21)12-20-3/h6-7,11,16-17,20H,4-5,8-10,12H2,1-3H3/t16-,17-/m1/s1. The fourth-order valence-electron chi connectivity index (χ4n) is 3.83. The topological polar surface area (TPSA) is 52.7 Å². The number of likely N-dealkylation sites (tertiary alicyclic amines) is 1. The fourth-order valence-corrected chi connectivity index (χ4v) is 3.83. The second-order valence-electron chi connectivity index (χ2n) is 6.99. The average molecular weight is 329 g/mol. The molecule has 2 atom stereocenters. The molecule has 0 unspecified atom stereocenters. The van der Waals surface area contributed by atoms with Crippen LogP contribution in [0.5, 0.6) is 0 Å². The molecule has 2 heterocycles. The van der Waals surface area contributed by atoms with Crippen molar-refractivity contribution in [2.24, 2.45) is 5.92 Å². The molecule has 0 saturated carbocycles. The van der Waals surface area contributed by atoms with Crippen LogP contribution in [-0.4, -0.2) is 49.4 Å². The molecule has 2 fully saturated rings. The number of benzene rings is 1. The summed E-state index contributed by atoms with van der Waals surface area (Å²) in [7, 11) is 1.91. The molecule has 5 heteroatoms. The van der Waals surface area contributed by atoms with E-state index in [0.29, 0.717) is 13.0 Å². The Kier molecular flexibility index (Phi) is 4.90. The Morgan fingerprint density at radius 2 is 2.00 bits per heavy atom. The third-order valence-electron chi connectivity index (χ3n) is 5.41. The van der Waals surface area contributed by atoms with Gasteiger partial charge in [-0.2, -0.15) is 0 Å². The molecule has 0 bridgehead atoms. The first-order chi connectivity index (χ1) is 11.5. The first-order valence-electron chi connectivity index (χ1n) is 8.86. The summed E-state index contributed by atoms with van der Waals surface area (Å²) in [5.74, 6) is -0.536. The van der Waals surface area contributed by atoms with Gasteiger partial charge in [0.25, 0.3) is 0 Å². The van der Waals surface area contributed by atoms with Gasteiger partial charge in [-0.3, -0.25) is 9.59 Å². The van der Waals surface area contributed by atoms with Gasteiger partial charge in [0.05, 0.1) is 0 Å². The summed E-state index contributed by atoms with van der Waals surface area (Å²) in [4.78, 5) is 29.4. The van der Waals surface area contributed by atoms with E-state index >= 15 is 0 Å². The highest BCUT2D eigenvalue weighted by Crippen LogP contribution is 2.30. The zero-order valence-electron chi connectivity index (χ0n) is 14.8. The van der Waals surface area contributed by atoms with Gasteiger partial charge in [0.15, 0.2) is 0 Å². The third kappa shape index (κ3) is 3.05. The minimum atomic E-state index is -0.510. The Morgan fingerprint density at radius 1 is 1.21 bits per heavy atom. The Hall–Kier alpha value is -1.88. The molecule has 3 rings (SSSR count). The summed E-state index contributed by atoms with van der Waals surface area (Å²) < 4.78 is 0. The number of nitrogens with one attached hydrogen (secondary N) is 1. The van der Waals surface area contributed by atoms with Gasteiger partial charge in [-0.1, -0.05) is 6.07 Å². The number of aryl methyl sites for hydroxylation is 2. The first kappa shape index (κ1) is 17.0. The number of rotatable bonds is 4. The van der Waals surface area contributed by atoms with Crippen molar-refractivity contribution >= 4 is 17.5 Å². The predicted octanol–water partition coefficient (Wildman–Crippen LogP) is 1.87. The van der Waals surface area contributed by atoms with Gasteiger partial charge >= 0.3 is 0 Å². The van der Waals surface area contributed by atoms with Crippen LogP contribution in [0.25, 0.3) is 0 Å². The normalized spacial score (nSPS) is 24.0. The Morgan fingerprint density at radius 3 is 2.71 bits per heavy atom. The maximum atomic E-state index is 12.9. The largest absolute Gasteiger partial charge is 0.338 e. The summed E-state index contributed by atoms with van der Waals surface area (Å²) >= 11 is 0. The molecule has 2 aliphatic rings. The van der Waals surface area contributed by atoms with Crippen LogP contribution in [0.15, 0.2) is 18.2 Å². The first-order valence-corrected chi connectivity index (χ1v) is 8.86. The van der Waals surface area contributed by atoms with Gasteiger partial charge in [0, 0.05) is 31.4 Å². The predicted molar refractivity (Wildman–Crippen MR) is 95.0 cm³/mol. The lowest BCUT2D eigenvalue weighted by atomic mass is 10.1. The summed E-state index contributed by atoms with van der Waals surface area (Å²) in [5.41, 5.74) is 3.29. The zero-order chi connectivity index (χ0) is 17.3. The molecule has 1 aromatic rings. The quantitative estimate of drug-likeness (QED) is 0.858. The Bertz CT molecular complexity index is 643. The van der Waals surface area contributed by atoms with Crippen molar-refractivity contribution < 1.29 is 9.59 Å². The van der Waals surface area contributed by atoms with Gasteiger partial charge in [0.1, 0.15) is 5.92 Å². The third-order valence-corrected chi connectivity index (χ3v) is 5.41. The van der Waals surface area contributed by atoms with Crippen LogP contribution in [0.4, 0.5) is 5.69 Å². The SMILES string of the molecule is CNC[C@H]1CCCN1C(=O)[C@H]1CCN(c2ccc(C)c(C)c2)C1=O. The molecule has 0 aliphatic carbocycles. The van der Waals surface area contributed by atoms with E-state index in [1.54, 1.807) is 4.90 Å². The molecule has 130 valence electrons. The average Bonchev–Trinajstić information content (AvgIpc) is 3.17. The summed E-state index contributed by atoms with van der Waals surface area (Å²) in [5, 5.41) is 3.15. The van der Waals surface area contributed by atoms with E-state index in [9.17, 15) is 9.59 Å². The van der Waals surface area contributed by atoms with Crippen molar-refractivity contribution in [3.8, 4) is 0 Å². The van der Waals surface area contributed by atoms with Gasteiger partial charge in [-0.25, -0.2) is 0 Å². The van der Waals surface area contributed by atoms with Crippen molar-refractivity contribution in [1.29, 1.82) is 0 Å². The van der Waals surface area contributed by atoms with E-state index in [-0.39, 0.29) is 17.9 Å². The summed E-state index contributed by atoms with van der Waals surface area (Å²) in [6.07, 6.45) is 2.67. The molecule has 0 radical (unpaired) electrons. The number of hydrogen-bond donors (Lipinski definition) is 1. The maximum Gasteiger partial charge on any atom is 0.239 e. The summed E-state index contributed by atoms with van der Waals surface area (Å²) in [6, 6.07) is 6.29. The van der Waals surface area contributed by atoms with Crippen LogP contribution in [-0.2, 0) is 9.59 Å². The molecule has 2 aliphatic heterocycles. The molecule has 0 aromatic heterocycles. The Balaban J connectivity index is 1.73. The van der Waals surface area contributed by atoms with Gasteiger partial charge in [0.2, 0.25) is 11.8 Å². The van der Waals surface area contributed by atoms with Crippen LogP contribution in [0.1, 0.15) is 30.4 Å². The number of nitrogens with zero attached hydrogens (tertiary/aromatic N) is 2. The number of likely N-dealkylation sites (N-methyl/N-ethyl adjacent to an activating group) is 1. The van der Waals surface area contributed by atoms with Crippen LogP contribution in [0.3, 0.4) is 0 Å². The van der Waals surface area contributed by atoms with Crippen LogP contribution >= 0.6 is 0 Å². The number of carbonyl (C=O) groups excluding carboxylic acids is 2. The number of hydrogen-bond acceptors (Lipinski definition) is 3. The highest BCUT2D eigenvalue weighted by atomic mass is 16.2. The second-order valence-corrected chi connectivity index (χ2v) is 6.99. The molecule has 1 N–H and O–H groups in total. The van der Waals surface area contributed by atoms with E-state index in [1.165, 1.54) is 11.1 Å². The lowest BCUT2D eigenvalue weighted by Crippen LogP contribution is -2.45. The molecule has 1 aromatic carbocycles. The number of carbonyl (C=O) groups is 2. The van der Waals surface area contributed by atoms with E-state index in [1.807, 2.05) is 30.1 Å². The van der Waals surface area contributed by atoms with E-state index in [2.05, 4.69) is 19.2 Å². The van der Waals surface area contributed by atoms with E-state index in [0.717, 1.165) is 31.6 Å². The highest BCUT2D eigenvalue weighted by Gasteiger charge is 2.42. The molecule has 24 heavy (non-hydrogen) atoms. The molecule has 5 nitrogen and oxygen atoms in total. The van der Waals surface area contributed by atoms with Crippen molar-refractivity contribution in [2.75, 3.05) is 31.6 Å². The molecular weight excluding hydrogens is 302 g/mol. The molecule has 0 spiro atoms. The van der Waals surface area contributed by atoms with Crippen LogP contribution < -0.4 is 10.2 Å². The number of anilines is 1. The van der Waals surface area contributed by atoms with Gasteiger partial charge in [-0.15, -0.1) is 0 Å². The van der Waals surface area contributed by atoms with Crippen LogP contribution in [0, 0.1) is 19.8 Å². The molecular formula is C19H27N3O2. The zero-order valence-corrected chi connectivity index (χ0v) is 14.8. The lowest BCUT2D eigenvalue weighted by Gasteiger charge is -2.27. The fraction of sp³-hybridized carbons (Fsp3) is 0.579. The van der Waals surface area contributed by atoms with Gasteiger partial charge < -0.3 is 15.1 Å². The van der Waals surface area contributed by atoms with E-state index in [4.69, 9.17) is 0 Å². The van der Waals surface area contributed by atoms with Crippen LogP contribution in [0.2, 0.25) is 0 Å². The van der Waals surface area contributed by atoms with Crippen molar-refractivity contribution in [3.63, 3.8) is 0 Å². The lowest BCUT2D eigenvalue weighted by molar-refractivity contribution is -0.140.